The Hall–Kier alpha value is -3.43. The Labute approximate surface area is 345 Å². The lowest BCUT2D eigenvalue weighted by molar-refractivity contribution is -0.777. The molecular formula is C40H47N2O12S4-3. The van der Waals surface area contributed by atoms with E-state index >= 15 is 0 Å². The second-order valence-corrected chi connectivity index (χ2v) is 21.7. The average molecular weight is 876 g/mol. The third kappa shape index (κ3) is 11.0. The molecule has 2 aliphatic heterocycles. The zero-order valence-electron chi connectivity index (χ0n) is 33.1. The topological polar surface area (TPSA) is 219 Å². The predicted octanol–water partition coefficient (Wildman–Crippen LogP) is 5.54. The number of benzene rings is 2. The molecule has 0 saturated heterocycles. The average Bonchev–Trinajstić information content (AvgIpc) is 3.43. The van der Waals surface area contributed by atoms with Gasteiger partial charge in [-0.1, -0.05) is 58.1 Å². The zero-order chi connectivity index (χ0) is 42.9. The van der Waals surface area contributed by atoms with E-state index in [0.29, 0.717) is 16.1 Å². The summed E-state index contributed by atoms with van der Waals surface area (Å²) in [6, 6.07) is 9.61. The van der Waals surface area contributed by atoms with Crippen LogP contribution < -0.4 is 10.2 Å². The highest BCUT2D eigenvalue weighted by molar-refractivity contribution is 7.94. The van der Waals surface area contributed by atoms with Gasteiger partial charge in [0.2, 0.25) is 5.69 Å². The predicted molar refractivity (Wildman–Crippen MR) is 216 cm³/mol. The van der Waals surface area contributed by atoms with Crippen molar-refractivity contribution in [2.45, 2.75) is 87.8 Å². The van der Waals surface area contributed by atoms with E-state index in [4.69, 9.17) is 0 Å². The number of rotatable bonds is 16. The molecule has 5 rings (SSSR count). The smallest absolute Gasteiger partial charge is 0.209 e. The summed E-state index contributed by atoms with van der Waals surface area (Å²) < 4.78 is 111. The second-order valence-electron chi connectivity index (χ2n) is 16.4. The largest absolute Gasteiger partial charge is 0.748 e. The van der Waals surface area contributed by atoms with E-state index in [1.807, 2.05) is 85.8 Å². The lowest BCUT2D eigenvalue weighted by Gasteiger charge is -2.30. The standard InChI is InChI=1S/C40H50N2O12S4/c1-38(2)26-28(11-7-13-36-39(3,4)32-24-30(55-54-53-43)15-17-34(32)41(36)19-9-21-56(44,45)46)23-29(27-38)12-8-14-37-40(5,6)33-25-31(58(50,51)52)16-18-35(33)42(37)20-10-22-57(47,48)49/h7-8,11-18,23-25H,9-10,19-22,26-27H2,1-6H3,(H3-,43,44,45,46,47,48,49,50,51,52)/p-3. The Bertz CT molecular complexity index is 2460. The molecule has 0 atom stereocenters. The maximum absolute atomic E-state index is 11.9. The molecule has 3 aliphatic rings. The Morgan fingerprint density at radius 1 is 0.810 bits per heavy atom. The summed E-state index contributed by atoms with van der Waals surface area (Å²) in [6.45, 7) is 12.6. The van der Waals surface area contributed by atoms with Crippen LogP contribution >= 0.6 is 12.0 Å². The van der Waals surface area contributed by atoms with Gasteiger partial charge in [0.15, 0.2) is 5.71 Å². The fourth-order valence-electron chi connectivity index (χ4n) is 8.10. The number of allylic oxidation sites excluding steroid dienone is 10. The molecule has 0 amide bonds. The third-order valence-corrected chi connectivity index (χ3v) is 13.6. The van der Waals surface area contributed by atoms with Crippen LogP contribution in [0.1, 0.15) is 78.4 Å². The van der Waals surface area contributed by atoms with Crippen LogP contribution in [0.25, 0.3) is 0 Å². The van der Waals surface area contributed by atoms with Gasteiger partial charge in [-0.2, -0.15) is 8.91 Å². The molecule has 0 radical (unpaired) electrons. The van der Waals surface area contributed by atoms with Gasteiger partial charge >= 0.3 is 0 Å². The summed E-state index contributed by atoms with van der Waals surface area (Å²) in [5.41, 5.74) is 5.28. The van der Waals surface area contributed by atoms with E-state index in [0.717, 1.165) is 58.7 Å². The number of fused-ring (bicyclic) bond motifs is 2. The zero-order valence-corrected chi connectivity index (χ0v) is 36.4. The fourth-order valence-corrected chi connectivity index (χ4v) is 9.96. The number of hydrogen-bond acceptors (Lipinski definition) is 14. The molecule has 0 unspecified atom stereocenters. The molecular weight excluding hydrogens is 829 g/mol. The molecule has 0 saturated carbocycles. The highest BCUT2D eigenvalue weighted by atomic mass is 32.2. The summed E-state index contributed by atoms with van der Waals surface area (Å²) in [5.74, 6) is -1.07. The molecule has 58 heavy (non-hydrogen) atoms. The SMILES string of the molecule is CC1(C)CC(/C=C/C=C2/N(CCCS(=O)(=O)[O-])c3ccc(S(=O)(=O)[O-])cc3C2(C)C)=CC(=C/C=C/C2=[N+](CCCS(=O)(=O)[O-])c3ccc(SOO[O-])cc3C2(C)C)/C1. The van der Waals surface area contributed by atoms with Gasteiger partial charge in [-0.05, 0) is 91.6 Å². The molecule has 0 fully saturated rings. The molecule has 2 aromatic carbocycles. The van der Waals surface area contributed by atoms with Crippen LogP contribution in [0.5, 0.6) is 0 Å². The van der Waals surface area contributed by atoms with Crippen LogP contribution in [0.4, 0.5) is 11.4 Å². The number of anilines is 1. The summed E-state index contributed by atoms with van der Waals surface area (Å²) >= 11 is 0.773. The molecule has 0 N–H and O–H groups in total. The van der Waals surface area contributed by atoms with Crippen molar-refractivity contribution in [3.63, 3.8) is 0 Å². The minimum absolute atomic E-state index is 0.0420. The van der Waals surface area contributed by atoms with Crippen molar-refractivity contribution in [3.8, 4) is 0 Å². The minimum Gasteiger partial charge on any atom is -0.748 e. The van der Waals surface area contributed by atoms with Crippen LogP contribution in [0.2, 0.25) is 0 Å². The summed E-state index contributed by atoms with van der Waals surface area (Å²) in [4.78, 5) is 2.13. The molecule has 0 bridgehead atoms. The Kier molecular flexibility index (Phi) is 13.6. The van der Waals surface area contributed by atoms with Gasteiger partial charge in [0, 0.05) is 63.9 Å². The van der Waals surface area contributed by atoms with Crippen molar-refractivity contribution in [1.82, 2.24) is 0 Å². The van der Waals surface area contributed by atoms with Crippen molar-refractivity contribution in [2.75, 3.05) is 29.5 Å². The molecule has 14 nitrogen and oxygen atoms in total. The Morgan fingerprint density at radius 2 is 1.48 bits per heavy atom. The van der Waals surface area contributed by atoms with Crippen LogP contribution in [-0.2, 0) is 50.6 Å². The van der Waals surface area contributed by atoms with Gasteiger partial charge in [-0.3, -0.25) is 5.04 Å². The first kappa shape index (κ1) is 45.7. The van der Waals surface area contributed by atoms with Gasteiger partial charge in [0.05, 0.1) is 42.6 Å². The maximum atomic E-state index is 11.9. The van der Waals surface area contributed by atoms with E-state index in [-0.39, 0.29) is 36.2 Å². The van der Waals surface area contributed by atoms with Crippen LogP contribution in [-0.4, -0.2) is 73.8 Å². The fraction of sp³-hybridized carbons (Fsp3) is 0.425. The summed E-state index contributed by atoms with van der Waals surface area (Å²) in [7, 11) is -13.6. The number of nitrogens with zero attached hydrogens (tertiary/aromatic N) is 2. The molecule has 316 valence electrons. The highest BCUT2D eigenvalue weighted by Crippen LogP contribution is 2.49. The lowest BCUT2D eigenvalue weighted by Crippen LogP contribution is -2.28. The molecule has 2 aromatic rings. The molecule has 18 heteroatoms. The van der Waals surface area contributed by atoms with Gasteiger partial charge in [-0.25, -0.2) is 25.3 Å². The molecule has 0 aromatic heterocycles. The normalized spacial score (nSPS) is 20.4. The molecule has 2 heterocycles. The van der Waals surface area contributed by atoms with Crippen molar-refractivity contribution in [1.29, 1.82) is 0 Å². The van der Waals surface area contributed by atoms with Crippen molar-refractivity contribution >= 4 is 59.5 Å². The van der Waals surface area contributed by atoms with Crippen LogP contribution in [0.3, 0.4) is 0 Å². The minimum atomic E-state index is -4.73. The van der Waals surface area contributed by atoms with Crippen molar-refractivity contribution < 1.29 is 58.1 Å². The second kappa shape index (κ2) is 17.3. The quantitative estimate of drug-likeness (QED) is 0.0666. The van der Waals surface area contributed by atoms with Gasteiger partial charge in [0.25, 0.3) is 0 Å². The lowest BCUT2D eigenvalue weighted by atomic mass is 9.75. The van der Waals surface area contributed by atoms with E-state index in [1.165, 1.54) is 18.2 Å². The highest BCUT2D eigenvalue weighted by Gasteiger charge is 2.44. The van der Waals surface area contributed by atoms with Crippen LogP contribution in [0, 0.1) is 5.41 Å². The maximum Gasteiger partial charge on any atom is 0.209 e. The Balaban J connectivity index is 1.46. The summed E-state index contributed by atoms with van der Waals surface area (Å²) in [5, 5.41) is 14.0. The summed E-state index contributed by atoms with van der Waals surface area (Å²) in [6.07, 6.45) is 15.6. The van der Waals surface area contributed by atoms with E-state index < -0.39 is 52.7 Å². The third-order valence-electron chi connectivity index (χ3n) is 10.6. The molecule has 0 spiro atoms. The molecule has 1 aliphatic carbocycles. The van der Waals surface area contributed by atoms with Gasteiger partial charge < -0.3 is 23.8 Å². The van der Waals surface area contributed by atoms with Crippen molar-refractivity contribution in [3.05, 3.63) is 107 Å². The van der Waals surface area contributed by atoms with Crippen LogP contribution in [0.15, 0.2) is 106 Å². The van der Waals surface area contributed by atoms with E-state index in [2.05, 4.69) is 29.3 Å². The first-order valence-electron chi connectivity index (χ1n) is 18.5. The van der Waals surface area contributed by atoms with E-state index in [1.54, 1.807) is 6.07 Å². The van der Waals surface area contributed by atoms with Gasteiger partial charge in [-0.15, -0.1) is 0 Å². The number of hydrogen-bond donors (Lipinski definition) is 0. The first-order valence-corrected chi connectivity index (χ1v) is 23.8. The Morgan fingerprint density at radius 3 is 2.14 bits per heavy atom. The van der Waals surface area contributed by atoms with Crippen molar-refractivity contribution in [2.24, 2.45) is 5.41 Å². The first-order chi connectivity index (χ1) is 26.8. The van der Waals surface area contributed by atoms with E-state index in [9.17, 15) is 44.2 Å². The monoisotopic (exact) mass is 875 g/mol. The van der Waals surface area contributed by atoms with Gasteiger partial charge in [0.1, 0.15) is 16.7 Å².